The second-order valence-corrected chi connectivity index (χ2v) is 8.06. The molecule has 0 aromatic heterocycles. The number of rotatable bonds is 2. The van der Waals surface area contributed by atoms with Gasteiger partial charge in [-0.1, -0.05) is 13.8 Å². The van der Waals surface area contributed by atoms with Crippen molar-refractivity contribution in [2.24, 2.45) is 11.1 Å². The quantitative estimate of drug-likeness (QED) is 0.834. The number of thioether (sulfide) groups is 1. The fourth-order valence-electron chi connectivity index (χ4n) is 3.36. The van der Waals surface area contributed by atoms with Gasteiger partial charge < -0.3 is 10.5 Å². The Morgan fingerprint density at radius 3 is 2.56 bits per heavy atom. The van der Waals surface area contributed by atoms with Crippen molar-refractivity contribution in [3.63, 3.8) is 0 Å². The lowest BCUT2D eigenvalue weighted by Gasteiger charge is -2.58. The SMILES string of the molecule is CC1(C)CN(C2(CN)CSCCC2(C)C)CCO1. The predicted octanol–water partition coefficient (Wildman–Crippen LogP) is 1.96. The van der Waals surface area contributed by atoms with E-state index in [9.17, 15) is 0 Å². The summed E-state index contributed by atoms with van der Waals surface area (Å²) in [5.74, 6) is 2.43. The van der Waals surface area contributed by atoms with Crippen molar-refractivity contribution < 1.29 is 4.74 Å². The highest BCUT2D eigenvalue weighted by atomic mass is 32.2. The zero-order valence-corrected chi connectivity index (χ0v) is 13.1. The smallest absolute Gasteiger partial charge is 0.0753 e. The number of nitrogens with zero attached hydrogens (tertiary/aromatic N) is 1. The van der Waals surface area contributed by atoms with Gasteiger partial charge in [0.1, 0.15) is 0 Å². The molecule has 2 heterocycles. The van der Waals surface area contributed by atoms with E-state index in [4.69, 9.17) is 10.5 Å². The molecule has 0 aliphatic carbocycles. The van der Waals surface area contributed by atoms with E-state index >= 15 is 0 Å². The van der Waals surface area contributed by atoms with Crippen LogP contribution in [-0.2, 0) is 4.74 Å². The third-order valence-electron chi connectivity index (χ3n) is 4.84. The van der Waals surface area contributed by atoms with Crippen molar-refractivity contribution >= 4 is 11.8 Å². The highest BCUT2D eigenvalue weighted by Crippen LogP contribution is 2.46. The van der Waals surface area contributed by atoms with Gasteiger partial charge in [0.15, 0.2) is 0 Å². The summed E-state index contributed by atoms with van der Waals surface area (Å²) in [4.78, 5) is 2.61. The van der Waals surface area contributed by atoms with Gasteiger partial charge in [0.25, 0.3) is 0 Å². The van der Waals surface area contributed by atoms with Crippen LogP contribution in [-0.4, -0.2) is 53.8 Å². The average molecular weight is 272 g/mol. The van der Waals surface area contributed by atoms with Crippen LogP contribution in [0.1, 0.15) is 34.1 Å². The molecule has 2 rings (SSSR count). The molecule has 3 nitrogen and oxygen atoms in total. The first-order valence-corrected chi connectivity index (χ1v) is 8.15. The van der Waals surface area contributed by atoms with Crippen LogP contribution in [0.4, 0.5) is 0 Å². The van der Waals surface area contributed by atoms with Crippen molar-refractivity contribution in [2.75, 3.05) is 37.7 Å². The van der Waals surface area contributed by atoms with E-state index in [0.29, 0.717) is 5.41 Å². The number of hydrogen-bond donors (Lipinski definition) is 1. The molecule has 2 N–H and O–H groups in total. The van der Waals surface area contributed by atoms with Crippen LogP contribution in [0.15, 0.2) is 0 Å². The summed E-state index contributed by atoms with van der Waals surface area (Å²) in [6, 6.07) is 0. The van der Waals surface area contributed by atoms with Gasteiger partial charge in [-0.05, 0) is 31.4 Å². The van der Waals surface area contributed by atoms with Gasteiger partial charge in [0.05, 0.1) is 12.2 Å². The molecule has 0 radical (unpaired) electrons. The molecule has 0 spiro atoms. The van der Waals surface area contributed by atoms with E-state index in [1.165, 1.54) is 12.2 Å². The first kappa shape index (κ1) is 14.6. The second kappa shape index (κ2) is 4.97. The van der Waals surface area contributed by atoms with Crippen LogP contribution < -0.4 is 5.73 Å². The molecule has 2 aliphatic rings. The summed E-state index contributed by atoms with van der Waals surface area (Å²) in [6.07, 6.45) is 1.26. The topological polar surface area (TPSA) is 38.5 Å². The second-order valence-electron chi connectivity index (χ2n) is 6.95. The van der Waals surface area contributed by atoms with Gasteiger partial charge in [-0.2, -0.15) is 11.8 Å². The summed E-state index contributed by atoms with van der Waals surface area (Å²) >= 11 is 2.06. The fraction of sp³-hybridized carbons (Fsp3) is 1.00. The molecule has 0 amide bonds. The summed E-state index contributed by atoms with van der Waals surface area (Å²) in [6.45, 7) is 12.8. The zero-order chi connectivity index (χ0) is 13.4. The standard InChI is InChI=1S/C14H28N2OS/c1-12(2)5-8-18-11-14(12,9-15)16-6-7-17-13(3,4)10-16/h5-11,15H2,1-4H3. The van der Waals surface area contributed by atoms with E-state index in [0.717, 1.165) is 32.0 Å². The molecule has 1 unspecified atom stereocenters. The number of morpholine rings is 1. The van der Waals surface area contributed by atoms with E-state index in [1.54, 1.807) is 0 Å². The lowest BCUT2D eigenvalue weighted by atomic mass is 9.69. The van der Waals surface area contributed by atoms with Crippen LogP contribution in [0.3, 0.4) is 0 Å². The van der Waals surface area contributed by atoms with E-state index in [1.807, 2.05) is 0 Å². The van der Waals surface area contributed by atoms with E-state index in [2.05, 4.69) is 44.4 Å². The van der Waals surface area contributed by atoms with Crippen molar-refractivity contribution in [1.82, 2.24) is 4.90 Å². The summed E-state index contributed by atoms with van der Waals surface area (Å²) in [7, 11) is 0. The molecule has 0 aromatic carbocycles. The summed E-state index contributed by atoms with van der Waals surface area (Å²) in [5.41, 5.74) is 6.62. The Morgan fingerprint density at radius 1 is 1.28 bits per heavy atom. The molecule has 0 aromatic rings. The molecule has 0 bridgehead atoms. The third kappa shape index (κ3) is 2.45. The highest BCUT2D eigenvalue weighted by Gasteiger charge is 2.51. The number of hydrogen-bond acceptors (Lipinski definition) is 4. The van der Waals surface area contributed by atoms with Crippen LogP contribution in [0, 0.1) is 5.41 Å². The van der Waals surface area contributed by atoms with E-state index in [-0.39, 0.29) is 11.1 Å². The van der Waals surface area contributed by atoms with Gasteiger partial charge >= 0.3 is 0 Å². The third-order valence-corrected chi connectivity index (χ3v) is 6.02. The van der Waals surface area contributed by atoms with Gasteiger partial charge in [-0.25, -0.2) is 0 Å². The van der Waals surface area contributed by atoms with Gasteiger partial charge in [-0.15, -0.1) is 0 Å². The molecule has 0 saturated carbocycles. The van der Waals surface area contributed by atoms with Crippen molar-refractivity contribution in [3.05, 3.63) is 0 Å². The maximum Gasteiger partial charge on any atom is 0.0753 e. The maximum absolute atomic E-state index is 6.24. The molecule has 2 fully saturated rings. The molecule has 1 atom stereocenters. The first-order chi connectivity index (χ1) is 8.33. The van der Waals surface area contributed by atoms with Crippen LogP contribution >= 0.6 is 11.8 Å². The average Bonchev–Trinajstić information content (AvgIpc) is 2.27. The van der Waals surface area contributed by atoms with Gasteiger partial charge in [0, 0.05) is 30.9 Å². The minimum Gasteiger partial charge on any atom is -0.373 e. The monoisotopic (exact) mass is 272 g/mol. The zero-order valence-electron chi connectivity index (χ0n) is 12.3. The Bertz CT molecular complexity index is 306. The fourth-order valence-corrected chi connectivity index (χ4v) is 5.19. The minimum absolute atomic E-state index is 0.0430. The molecular weight excluding hydrogens is 244 g/mol. The molecular formula is C14H28N2OS. The Hall–Kier alpha value is 0.230. The molecule has 4 heteroatoms. The van der Waals surface area contributed by atoms with Gasteiger partial charge in [-0.3, -0.25) is 4.90 Å². The lowest BCUT2D eigenvalue weighted by molar-refractivity contribution is -0.133. The highest BCUT2D eigenvalue weighted by molar-refractivity contribution is 7.99. The molecule has 2 saturated heterocycles. The minimum atomic E-state index is -0.0430. The Labute approximate surface area is 116 Å². The van der Waals surface area contributed by atoms with Crippen molar-refractivity contribution in [2.45, 2.75) is 45.3 Å². The number of nitrogens with two attached hydrogens (primary N) is 1. The van der Waals surface area contributed by atoms with Crippen molar-refractivity contribution in [3.8, 4) is 0 Å². The summed E-state index contributed by atoms with van der Waals surface area (Å²) in [5, 5.41) is 0. The number of ether oxygens (including phenoxy) is 1. The van der Waals surface area contributed by atoms with Crippen LogP contribution in [0.25, 0.3) is 0 Å². The molecule has 2 aliphatic heterocycles. The first-order valence-electron chi connectivity index (χ1n) is 7.00. The Kier molecular flexibility index (Phi) is 4.04. The summed E-state index contributed by atoms with van der Waals surface area (Å²) < 4.78 is 5.85. The van der Waals surface area contributed by atoms with Crippen LogP contribution in [0.5, 0.6) is 0 Å². The molecule has 106 valence electrons. The maximum atomic E-state index is 6.24. The Balaban J connectivity index is 2.25. The lowest BCUT2D eigenvalue weighted by Crippen LogP contribution is -2.69. The van der Waals surface area contributed by atoms with Gasteiger partial charge in [0.2, 0.25) is 0 Å². The normalized spacial score (nSPS) is 36.5. The Morgan fingerprint density at radius 2 is 2.00 bits per heavy atom. The largest absolute Gasteiger partial charge is 0.373 e. The van der Waals surface area contributed by atoms with Crippen molar-refractivity contribution in [1.29, 1.82) is 0 Å². The van der Waals surface area contributed by atoms with E-state index < -0.39 is 0 Å². The predicted molar refractivity (Wildman–Crippen MR) is 79.1 cm³/mol. The van der Waals surface area contributed by atoms with Crippen LogP contribution in [0.2, 0.25) is 0 Å². The molecule has 18 heavy (non-hydrogen) atoms.